The van der Waals surface area contributed by atoms with Crippen molar-refractivity contribution in [2.75, 3.05) is 7.05 Å². The van der Waals surface area contributed by atoms with Gasteiger partial charge in [0.2, 0.25) is 0 Å². The molecule has 2 N–H and O–H groups in total. The molecule has 1 aromatic carbocycles. The van der Waals surface area contributed by atoms with Gasteiger partial charge in [-0.05, 0) is 17.7 Å². The lowest BCUT2D eigenvalue weighted by Gasteiger charge is -2.11. The van der Waals surface area contributed by atoms with Crippen molar-refractivity contribution in [2.45, 2.75) is 32.9 Å². The van der Waals surface area contributed by atoms with Crippen LogP contribution < -0.4 is 10.6 Å². The van der Waals surface area contributed by atoms with Gasteiger partial charge in [-0.25, -0.2) is 9.37 Å². The number of nitrogens with one attached hydrogen (secondary N) is 2. The Morgan fingerprint density at radius 1 is 1.22 bits per heavy atom. The summed E-state index contributed by atoms with van der Waals surface area (Å²) in [5, 5.41) is 9.64. The SMILES string of the molecule is CN=C(NCc1ccc(F)cc1)NCc1csc(C(C)C)n1.I. The molecule has 0 spiro atoms. The summed E-state index contributed by atoms with van der Waals surface area (Å²) in [7, 11) is 1.72. The second-order valence-corrected chi connectivity index (χ2v) is 6.13. The third-order valence-corrected chi connectivity index (χ3v) is 4.29. The summed E-state index contributed by atoms with van der Waals surface area (Å²) in [6.07, 6.45) is 0. The van der Waals surface area contributed by atoms with Gasteiger partial charge in [-0.15, -0.1) is 35.3 Å². The van der Waals surface area contributed by atoms with E-state index in [0.29, 0.717) is 25.0 Å². The predicted octanol–water partition coefficient (Wildman–Crippen LogP) is 3.89. The third kappa shape index (κ3) is 6.42. The molecule has 0 unspecified atom stereocenters. The van der Waals surface area contributed by atoms with Gasteiger partial charge in [0.1, 0.15) is 5.82 Å². The van der Waals surface area contributed by atoms with Crippen molar-refractivity contribution in [1.29, 1.82) is 0 Å². The lowest BCUT2D eigenvalue weighted by Crippen LogP contribution is -2.36. The van der Waals surface area contributed by atoms with E-state index in [2.05, 4.69) is 39.8 Å². The molecular formula is C16H22FIN4S. The number of aromatic nitrogens is 1. The Morgan fingerprint density at radius 3 is 2.43 bits per heavy atom. The molecule has 0 aliphatic rings. The first kappa shape index (κ1) is 19.8. The number of thiazole rings is 1. The molecule has 1 aromatic heterocycles. The van der Waals surface area contributed by atoms with Crippen LogP contribution in [0.25, 0.3) is 0 Å². The molecule has 1 heterocycles. The largest absolute Gasteiger partial charge is 0.352 e. The van der Waals surface area contributed by atoms with Gasteiger partial charge in [-0.1, -0.05) is 26.0 Å². The van der Waals surface area contributed by atoms with Crippen molar-refractivity contribution >= 4 is 41.3 Å². The molecule has 0 aliphatic carbocycles. The Morgan fingerprint density at radius 2 is 1.87 bits per heavy atom. The maximum Gasteiger partial charge on any atom is 0.191 e. The molecular weight excluding hydrogens is 426 g/mol. The highest BCUT2D eigenvalue weighted by atomic mass is 127. The first-order chi connectivity index (χ1) is 10.6. The van der Waals surface area contributed by atoms with Crippen LogP contribution in [0.4, 0.5) is 4.39 Å². The topological polar surface area (TPSA) is 49.3 Å². The molecule has 0 radical (unpaired) electrons. The van der Waals surface area contributed by atoms with E-state index < -0.39 is 0 Å². The van der Waals surface area contributed by atoms with Crippen molar-refractivity contribution in [2.24, 2.45) is 4.99 Å². The van der Waals surface area contributed by atoms with Crippen LogP contribution in [0.2, 0.25) is 0 Å². The summed E-state index contributed by atoms with van der Waals surface area (Å²) >= 11 is 1.68. The fourth-order valence-corrected chi connectivity index (χ4v) is 2.69. The van der Waals surface area contributed by atoms with Crippen LogP contribution >= 0.6 is 35.3 Å². The van der Waals surface area contributed by atoms with Crippen LogP contribution in [0.3, 0.4) is 0 Å². The van der Waals surface area contributed by atoms with Crippen LogP contribution in [0.15, 0.2) is 34.6 Å². The molecule has 0 saturated carbocycles. The maximum absolute atomic E-state index is 12.9. The summed E-state index contributed by atoms with van der Waals surface area (Å²) in [6.45, 7) is 5.50. The minimum atomic E-state index is -0.226. The Bertz CT molecular complexity index is 625. The zero-order chi connectivity index (χ0) is 15.9. The van der Waals surface area contributed by atoms with E-state index in [1.54, 1.807) is 30.5 Å². The number of benzene rings is 1. The van der Waals surface area contributed by atoms with Crippen molar-refractivity contribution in [1.82, 2.24) is 15.6 Å². The summed E-state index contributed by atoms with van der Waals surface area (Å²) in [5.74, 6) is 0.925. The molecule has 4 nitrogen and oxygen atoms in total. The minimum Gasteiger partial charge on any atom is -0.352 e. The number of hydrogen-bond donors (Lipinski definition) is 2. The molecule has 0 amide bonds. The van der Waals surface area contributed by atoms with Gasteiger partial charge in [0.15, 0.2) is 5.96 Å². The summed E-state index contributed by atoms with van der Waals surface area (Å²) in [6, 6.07) is 6.42. The van der Waals surface area contributed by atoms with E-state index in [1.165, 1.54) is 12.1 Å². The van der Waals surface area contributed by atoms with E-state index in [4.69, 9.17) is 0 Å². The van der Waals surface area contributed by atoms with E-state index in [1.807, 2.05) is 0 Å². The van der Waals surface area contributed by atoms with E-state index in [0.717, 1.165) is 16.3 Å². The van der Waals surface area contributed by atoms with Crippen molar-refractivity contribution in [3.8, 4) is 0 Å². The average Bonchev–Trinajstić information content (AvgIpc) is 2.98. The van der Waals surface area contributed by atoms with Crippen LogP contribution in [-0.4, -0.2) is 18.0 Å². The molecule has 0 fully saturated rings. The minimum absolute atomic E-state index is 0. The fraction of sp³-hybridized carbons (Fsp3) is 0.375. The zero-order valence-electron chi connectivity index (χ0n) is 13.5. The normalized spacial score (nSPS) is 11.3. The Hall–Kier alpha value is -1.22. The monoisotopic (exact) mass is 448 g/mol. The number of hydrogen-bond acceptors (Lipinski definition) is 3. The zero-order valence-corrected chi connectivity index (χ0v) is 16.6. The van der Waals surface area contributed by atoms with E-state index in [-0.39, 0.29) is 29.8 Å². The average molecular weight is 448 g/mol. The maximum atomic E-state index is 12.9. The number of aliphatic imine (C=N–C) groups is 1. The molecule has 2 aromatic rings. The Labute approximate surface area is 157 Å². The van der Waals surface area contributed by atoms with Gasteiger partial charge in [-0.3, -0.25) is 4.99 Å². The van der Waals surface area contributed by atoms with Crippen molar-refractivity contribution in [3.63, 3.8) is 0 Å². The summed E-state index contributed by atoms with van der Waals surface area (Å²) in [4.78, 5) is 8.75. The van der Waals surface area contributed by atoms with Crippen molar-refractivity contribution < 1.29 is 4.39 Å². The van der Waals surface area contributed by atoms with Crippen molar-refractivity contribution in [3.05, 3.63) is 51.7 Å². The van der Waals surface area contributed by atoms with Crippen LogP contribution in [-0.2, 0) is 13.1 Å². The highest BCUT2D eigenvalue weighted by Gasteiger charge is 2.06. The molecule has 2 rings (SSSR count). The number of halogens is 2. The molecule has 126 valence electrons. The van der Waals surface area contributed by atoms with Crippen LogP contribution in [0, 0.1) is 5.82 Å². The summed E-state index contributed by atoms with van der Waals surface area (Å²) < 4.78 is 12.9. The molecule has 0 saturated heterocycles. The summed E-state index contributed by atoms with van der Waals surface area (Å²) in [5.41, 5.74) is 2.01. The second kappa shape index (κ2) is 9.82. The molecule has 0 atom stereocenters. The Kier molecular flexibility index (Phi) is 8.46. The first-order valence-corrected chi connectivity index (χ1v) is 8.09. The van der Waals surface area contributed by atoms with Gasteiger partial charge in [-0.2, -0.15) is 0 Å². The van der Waals surface area contributed by atoms with Crippen LogP contribution in [0.5, 0.6) is 0 Å². The standard InChI is InChI=1S/C16H21FN4S.HI/c1-11(2)15-21-14(10-22-15)9-20-16(18-3)19-8-12-4-6-13(17)7-5-12;/h4-7,10-11H,8-9H2,1-3H3,(H2,18,19,20);1H. The van der Waals surface area contributed by atoms with Gasteiger partial charge in [0, 0.05) is 24.9 Å². The molecule has 0 aliphatic heterocycles. The van der Waals surface area contributed by atoms with Crippen LogP contribution in [0.1, 0.15) is 36.0 Å². The van der Waals surface area contributed by atoms with E-state index in [9.17, 15) is 4.39 Å². The van der Waals surface area contributed by atoms with Gasteiger partial charge in [0.05, 0.1) is 17.2 Å². The fourth-order valence-electron chi connectivity index (χ4n) is 1.85. The van der Waals surface area contributed by atoms with Gasteiger partial charge >= 0.3 is 0 Å². The highest BCUT2D eigenvalue weighted by molar-refractivity contribution is 14.0. The number of guanidine groups is 1. The van der Waals surface area contributed by atoms with Gasteiger partial charge < -0.3 is 10.6 Å². The lowest BCUT2D eigenvalue weighted by molar-refractivity contribution is 0.626. The lowest BCUT2D eigenvalue weighted by atomic mass is 10.2. The first-order valence-electron chi connectivity index (χ1n) is 7.21. The van der Waals surface area contributed by atoms with Gasteiger partial charge in [0.25, 0.3) is 0 Å². The molecule has 0 bridgehead atoms. The molecule has 23 heavy (non-hydrogen) atoms. The third-order valence-electron chi connectivity index (χ3n) is 3.10. The predicted molar refractivity (Wildman–Crippen MR) is 105 cm³/mol. The number of nitrogens with zero attached hydrogens (tertiary/aromatic N) is 2. The quantitative estimate of drug-likeness (QED) is 0.415. The van der Waals surface area contributed by atoms with E-state index >= 15 is 0 Å². The smallest absolute Gasteiger partial charge is 0.191 e. The Balaban J connectivity index is 0.00000264. The number of rotatable bonds is 5. The molecule has 7 heteroatoms. The second-order valence-electron chi connectivity index (χ2n) is 5.24. The highest BCUT2D eigenvalue weighted by Crippen LogP contribution is 2.18.